The van der Waals surface area contributed by atoms with Gasteiger partial charge in [-0.1, -0.05) is 30.3 Å². The summed E-state index contributed by atoms with van der Waals surface area (Å²) >= 11 is 0. The normalized spacial score (nSPS) is 15.5. The van der Waals surface area contributed by atoms with E-state index in [4.69, 9.17) is 5.10 Å². The largest absolute Gasteiger partial charge is 0.366 e. The van der Waals surface area contributed by atoms with E-state index in [0.717, 1.165) is 33.9 Å². The van der Waals surface area contributed by atoms with Gasteiger partial charge in [-0.05, 0) is 57.0 Å². The molecule has 0 amide bonds. The van der Waals surface area contributed by atoms with Crippen LogP contribution in [-0.4, -0.2) is 48.7 Å². The Kier molecular flexibility index (Phi) is 5.42. The van der Waals surface area contributed by atoms with Crippen molar-refractivity contribution in [3.63, 3.8) is 0 Å². The number of nitrogens with zero attached hydrogens (tertiary/aromatic N) is 4. The SMILES string of the molecule is Cc1ccc(C)c(S(=O)(=O)N2CCN(c3c(C)nn(-c4ccccc4)c3C)CC2)c1. The Bertz CT molecular complexity index is 1160. The van der Waals surface area contributed by atoms with Crippen LogP contribution >= 0.6 is 0 Å². The van der Waals surface area contributed by atoms with Crippen molar-refractivity contribution < 1.29 is 8.42 Å². The van der Waals surface area contributed by atoms with Crippen molar-refractivity contribution in [3.05, 3.63) is 71.0 Å². The zero-order chi connectivity index (χ0) is 21.5. The zero-order valence-electron chi connectivity index (χ0n) is 18.0. The Morgan fingerprint density at radius 2 is 1.53 bits per heavy atom. The van der Waals surface area contributed by atoms with Crippen LogP contribution in [-0.2, 0) is 10.0 Å². The molecule has 1 aromatic heterocycles. The molecule has 1 saturated heterocycles. The van der Waals surface area contributed by atoms with Gasteiger partial charge >= 0.3 is 0 Å². The van der Waals surface area contributed by atoms with E-state index in [-0.39, 0.29) is 0 Å². The van der Waals surface area contributed by atoms with Gasteiger partial charge in [-0.25, -0.2) is 13.1 Å². The van der Waals surface area contributed by atoms with E-state index in [1.165, 1.54) is 0 Å². The molecular formula is C23H28N4O2S. The third kappa shape index (κ3) is 3.63. The van der Waals surface area contributed by atoms with E-state index < -0.39 is 10.0 Å². The summed E-state index contributed by atoms with van der Waals surface area (Å²) in [5.41, 5.74) is 5.91. The Balaban J connectivity index is 1.56. The van der Waals surface area contributed by atoms with Gasteiger partial charge in [0, 0.05) is 26.2 Å². The first-order valence-corrected chi connectivity index (χ1v) is 11.7. The highest BCUT2D eigenvalue weighted by Gasteiger charge is 2.31. The molecule has 0 bridgehead atoms. The van der Waals surface area contributed by atoms with Crippen molar-refractivity contribution in [3.8, 4) is 5.69 Å². The molecule has 0 aliphatic carbocycles. The zero-order valence-corrected chi connectivity index (χ0v) is 18.8. The maximum Gasteiger partial charge on any atom is 0.243 e. The van der Waals surface area contributed by atoms with Crippen molar-refractivity contribution in [2.24, 2.45) is 0 Å². The molecule has 0 spiro atoms. The summed E-state index contributed by atoms with van der Waals surface area (Å²) in [5.74, 6) is 0. The first-order valence-electron chi connectivity index (χ1n) is 10.2. The van der Waals surface area contributed by atoms with Crippen LogP contribution in [0.5, 0.6) is 0 Å². The maximum atomic E-state index is 13.2. The van der Waals surface area contributed by atoms with Crippen LogP contribution in [0.4, 0.5) is 5.69 Å². The topological polar surface area (TPSA) is 58.4 Å². The summed E-state index contributed by atoms with van der Waals surface area (Å²) in [6, 6.07) is 15.7. The number of rotatable bonds is 4. The van der Waals surface area contributed by atoms with Gasteiger partial charge in [0.05, 0.1) is 27.7 Å². The lowest BCUT2D eigenvalue weighted by molar-refractivity contribution is 0.384. The molecule has 4 rings (SSSR count). The third-order valence-corrected chi connectivity index (χ3v) is 7.81. The molecule has 1 fully saturated rings. The summed E-state index contributed by atoms with van der Waals surface area (Å²) in [6.45, 7) is 10.1. The molecule has 0 radical (unpaired) electrons. The number of hydrogen-bond donors (Lipinski definition) is 0. The van der Waals surface area contributed by atoms with Gasteiger partial charge in [-0.2, -0.15) is 9.40 Å². The van der Waals surface area contributed by atoms with Crippen LogP contribution < -0.4 is 4.90 Å². The van der Waals surface area contributed by atoms with Crippen LogP contribution in [0.15, 0.2) is 53.4 Å². The average molecular weight is 425 g/mol. The molecule has 6 nitrogen and oxygen atoms in total. The fourth-order valence-electron chi connectivity index (χ4n) is 4.19. The van der Waals surface area contributed by atoms with E-state index >= 15 is 0 Å². The molecule has 158 valence electrons. The van der Waals surface area contributed by atoms with Gasteiger partial charge in [0.15, 0.2) is 0 Å². The van der Waals surface area contributed by atoms with Crippen LogP contribution in [0, 0.1) is 27.7 Å². The summed E-state index contributed by atoms with van der Waals surface area (Å²) in [5, 5.41) is 4.74. The van der Waals surface area contributed by atoms with Crippen molar-refractivity contribution in [1.82, 2.24) is 14.1 Å². The van der Waals surface area contributed by atoms with Gasteiger partial charge in [0.25, 0.3) is 0 Å². The van der Waals surface area contributed by atoms with Gasteiger partial charge in [-0.3, -0.25) is 0 Å². The number of sulfonamides is 1. The van der Waals surface area contributed by atoms with Crippen LogP contribution in [0.2, 0.25) is 0 Å². The lowest BCUT2D eigenvalue weighted by atomic mass is 10.2. The summed E-state index contributed by atoms with van der Waals surface area (Å²) < 4.78 is 30.0. The minimum Gasteiger partial charge on any atom is -0.366 e. The summed E-state index contributed by atoms with van der Waals surface area (Å²) in [4.78, 5) is 2.67. The fraction of sp³-hybridized carbons (Fsp3) is 0.348. The highest BCUT2D eigenvalue weighted by atomic mass is 32.2. The molecule has 1 aliphatic heterocycles. The number of hydrogen-bond acceptors (Lipinski definition) is 4. The first kappa shape index (κ1) is 20.6. The highest BCUT2D eigenvalue weighted by Crippen LogP contribution is 2.29. The molecule has 30 heavy (non-hydrogen) atoms. The Labute approximate surface area is 178 Å². The van der Waals surface area contributed by atoms with E-state index in [9.17, 15) is 8.42 Å². The predicted molar refractivity (Wildman–Crippen MR) is 120 cm³/mol. The molecule has 2 aromatic carbocycles. The van der Waals surface area contributed by atoms with E-state index in [1.807, 2.05) is 67.9 Å². The number of benzene rings is 2. The Morgan fingerprint density at radius 3 is 2.20 bits per heavy atom. The minimum atomic E-state index is -3.49. The molecule has 3 aromatic rings. The van der Waals surface area contributed by atoms with Gasteiger partial charge < -0.3 is 4.90 Å². The van der Waals surface area contributed by atoms with Crippen molar-refractivity contribution in [2.75, 3.05) is 31.1 Å². The van der Waals surface area contributed by atoms with E-state index in [0.29, 0.717) is 31.1 Å². The molecule has 0 unspecified atom stereocenters. The minimum absolute atomic E-state index is 0.417. The number of piperazine rings is 1. The second kappa shape index (κ2) is 7.89. The van der Waals surface area contributed by atoms with Crippen LogP contribution in [0.25, 0.3) is 5.69 Å². The monoisotopic (exact) mass is 424 g/mol. The Hall–Kier alpha value is -2.64. The molecular weight excluding hydrogens is 396 g/mol. The van der Waals surface area contributed by atoms with Crippen molar-refractivity contribution >= 4 is 15.7 Å². The van der Waals surface area contributed by atoms with Crippen LogP contribution in [0.3, 0.4) is 0 Å². The van der Waals surface area contributed by atoms with Gasteiger partial charge in [0.1, 0.15) is 0 Å². The number of aryl methyl sites for hydroxylation is 3. The summed E-state index contributed by atoms with van der Waals surface area (Å²) in [6.07, 6.45) is 0. The van der Waals surface area contributed by atoms with E-state index in [2.05, 4.69) is 11.8 Å². The molecule has 2 heterocycles. The van der Waals surface area contributed by atoms with Crippen molar-refractivity contribution in [2.45, 2.75) is 32.6 Å². The fourth-order valence-corrected chi connectivity index (χ4v) is 5.92. The molecule has 0 atom stereocenters. The first-order chi connectivity index (χ1) is 14.3. The lowest BCUT2D eigenvalue weighted by Crippen LogP contribution is -2.49. The number of aromatic nitrogens is 2. The maximum absolute atomic E-state index is 13.2. The van der Waals surface area contributed by atoms with E-state index in [1.54, 1.807) is 10.4 Å². The van der Waals surface area contributed by atoms with Gasteiger partial charge in [0.2, 0.25) is 10.0 Å². The highest BCUT2D eigenvalue weighted by molar-refractivity contribution is 7.89. The van der Waals surface area contributed by atoms with Gasteiger partial charge in [-0.15, -0.1) is 0 Å². The molecule has 1 aliphatic rings. The predicted octanol–water partition coefficient (Wildman–Crippen LogP) is 3.62. The van der Waals surface area contributed by atoms with Crippen molar-refractivity contribution in [1.29, 1.82) is 0 Å². The third-order valence-electron chi connectivity index (χ3n) is 5.77. The number of para-hydroxylation sites is 1. The lowest BCUT2D eigenvalue weighted by Gasteiger charge is -2.35. The second-order valence-electron chi connectivity index (χ2n) is 7.93. The second-order valence-corrected chi connectivity index (χ2v) is 9.83. The molecule has 0 N–H and O–H groups in total. The van der Waals surface area contributed by atoms with Crippen LogP contribution in [0.1, 0.15) is 22.5 Å². The smallest absolute Gasteiger partial charge is 0.243 e. The number of anilines is 1. The Morgan fingerprint density at radius 1 is 0.867 bits per heavy atom. The summed E-state index contributed by atoms with van der Waals surface area (Å²) in [7, 11) is -3.49. The standard InChI is InChI=1S/C23H28N4O2S/c1-17-10-11-18(2)22(16-17)30(28,29)26-14-12-25(13-15-26)23-19(3)24-27(20(23)4)21-8-6-5-7-9-21/h5-11,16H,12-15H2,1-4H3. The average Bonchev–Trinajstić information content (AvgIpc) is 3.04. The quantitative estimate of drug-likeness (QED) is 0.642. The molecule has 7 heteroatoms. The molecule has 0 saturated carbocycles.